The normalized spacial score (nSPS) is 19.9. The SMILES string of the molecule is CC(C)(C)N1CC[C@H](NC(=O)OCc2cccnc2)C1. The average molecular weight is 277 g/mol. The topological polar surface area (TPSA) is 54.5 Å². The molecule has 0 spiro atoms. The van der Waals surface area contributed by atoms with Crippen LogP contribution in [0, 0.1) is 0 Å². The molecule has 1 saturated heterocycles. The van der Waals surface area contributed by atoms with Crippen LogP contribution in [-0.4, -0.2) is 40.6 Å². The van der Waals surface area contributed by atoms with Crippen molar-refractivity contribution in [3.8, 4) is 0 Å². The summed E-state index contributed by atoms with van der Waals surface area (Å²) in [6.07, 6.45) is 4.02. The Bertz CT molecular complexity index is 442. The summed E-state index contributed by atoms with van der Waals surface area (Å²) in [5, 5.41) is 2.93. The molecule has 1 amide bonds. The molecule has 5 nitrogen and oxygen atoms in total. The van der Waals surface area contributed by atoms with Gasteiger partial charge >= 0.3 is 6.09 Å². The van der Waals surface area contributed by atoms with E-state index >= 15 is 0 Å². The number of hydrogen-bond donors (Lipinski definition) is 1. The van der Waals surface area contributed by atoms with Gasteiger partial charge < -0.3 is 10.1 Å². The lowest BCUT2D eigenvalue weighted by Crippen LogP contribution is -2.43. The first-order chi connectivity index (χ1) is 9.45. The first kappa shape index (κ1) is 14.8. The number of carbonyl (C=O) groups excluding carboxylic acids is 1. The van der Waals surface area contributed by atoms with Crippen molar-refractivity contribution in [1.82, 2.24) is 15.2 Å². The lowest BCUT2D eigenvalue weighted by Gasteiger charge is -2.31. The van der Waals surface area contributed by atoms with Gasteiger partial charge in [-0.2, -0.15) is 0 Å². The van der Waals surface area contributed by atoms with Gasteiger partial charge in [-0.3, -0.25) is 9.88 Å². The molecule has 5 heteroatoms. The minimum Gasteiger partial charge on any atom is -0.445 e. The first-order valence-electron chi connectivity index (χ1n) is 7.02. The number of aromatic nitrogens is 1. The summed E-state index contributed by atoms with van der Waals surface area (Å²) in [5.41, 5.74) is 1.04. The van der Waals surface area contributed by atoms with Gasteiger partial charge in [0.25, 0.3) is 0 Å². The first-order valence-corrected chi connectivity index (χ1v) is 7.02. The molecule has 20 heavy (non-hydrogen) atoms. The third-order valence-electron chi connectivity index (χ3n) is 3.55. The number of hydrogen-bond acceptors (Lipinski definition) is 4. The monoisotopic (exact) mass is 277 g/mol. The Labute approximate surface area is 120 Å². The van der Waals surface area contributed by atoms with E-state index < -0.39 is 0 Å². The summed E-state index contributed by atoms with van der Waals surface area (Å²) in [7, 11) is 0. The molecule has 0 aromatic carbocycles. The third-order valence-corrected chi connectivity index (χ3v) is 3.55. The van der Waals surface area contributed by atoms with Crippen LogP contribution in [0.15, 0.2) is 24.5 Å². The Kier molecular flexibility index (Phi) is 4.60. The smallest absolute Gasteiger partial charge is 0.407 e. The highest BCUT2D eigenvalue weighted by Gasteiger charge is 2.31. The lowest BCUT2D eigenvalue weighted by atomic mass is 10.1. The predicted octanol–water partition coefficient (Wildman–Crippen LogP) is 2.18. The number of pyridine rings is 1. The van der Waals surface area contributed by atoms with Crippen LogP contribution in [-0.2, 0) is 11.3 Å². The fourth-order valence-corrected chi connectivity index (χ4v) is 2.33. The molecule has 0 aliphatic carbocycles. The van der Waals surface area contributed by atoms with Crippen molar-refractivity contribution in [2.45, 2.75) is 45.4 Å². The van der Waals surface area contributed by atoms with Gasteiger partial charge in [0.15, 0.2) is 0 Å². The minimum atomic E-state index is -0.352. The van der Waals surface area contributed by atoms with Crippen molar-refractivity contribution in [3.63, 3.8) is 0 Å². The summed E-state index contributed by atoms with van der Waals surface area (Å²) in [6, 6.07) is 3.89. The maximum atomic E-state index is 11.8. The molecule has 1 N–H and O–H groups in total. The van der Waals surface area contributed by atoms with Gasteiger partial charge in [0.1, 0.15) is 6.61 Å². The van der Waals surface area contributed by atoms with Crippen molar-refractivity contribution in [2.75, 3.05) is 13.1 Å². The molecule has 2 rings (SSSR count). The van der Waals surface area contributed by atoms with Crippen LogP contribution in [0.5, 0.6) is 0 Å². The molecule has 1 fully saturated rings. The minimum absolute atomic E-state index is 0.149. The largest absolute Gasteiger partial charge is 0.445 e. The molecule has 1 aromatic heterocycles. The highest BCUT2D eigenvalue weighted by molar-refractivity contribution is 5.67. The van der Waals surface area contributed by atoms with Crippen LogP contribution in [0.2, 0.25) is 0 Å². The summed E-state index contributed by atoms with van der Waals surface area (Å²) >= 11 is 0. The zero-order chi connectivity index (χ0) is 14.6. The Morgan fingerprint density at radius 3 is 2.95 bits per heavy atom. The molecule has 1 aliphatic rings. The van der Waals surface area contributed by atoms with Gasteiger partial charge in [-0.05, 0) is 33.3 Å². The predicted molar refractivity (Wildman–Crippen MR) is 77.3 cm³/mol. The zero-order valence-electron chi connectivity index (χ0n) is 12.4. The van der Waals surface area contributed by atoms with E-state index in [9.17, 15) is 4.79 Å². The van der Waals surface area contributed by atoms with Crippen molar-refractivity contribution < 1.29 is 9.53 Å². The van der Waals surface area contributed by atoms with Gasteiger partial charge in [0.2, 0.25) is 0 Å². The molecule has 2 heterocycles. The highest BCUT2D eigenvalue weighted by Crippen LogP contribution is 2.20. The van der Waals surface area contributed by atoms with Crippen molar-refractivity contribution >= 4 is 6.09 Å². The summed E-state index contributed by atoms with van der Waals surface area (Å²) < 4.78 is 5.20. The van der Waals surface area contributed by atoms with E-state index in [-0.39, 0.29) is 24.3 Å². The van der Waals surface area contributed by atoms with E-state index in [1.54, 1.807) is 12.4 Å². The van der Waals surface area contributed by atoms with E-state index in [2.05, 4.69) is 36.0 Å². The van der Waals surface area contributed by atoms with E-state index in [4.69, 9.17) is 4.74 Å². The molecular formula is C15H23N3O2. The number of amides is 1. The Morgan fingerprint density at radius 2 is 2.35 bits per heavy atom. The van der Waals surface area contributed by atoms with E-state index in [0.717, 1.165) is 25.1 Å². The van der Waals surface area contributed by atoms with Crippen molar-refractivity contribution in [3.05, 3.63) is 30.1 Å². The van der Waals surface area contributed by atoms with Crippen LogP contribution < -0.4 is 5.32 Å². The third kappa shape index (κ3) is 4.20. The molecule has 0 radical (unpaired) electrons. The molecule has 1 aliphatic heterocycles. The Hall–Kier alpha value is -1.62. The van der Waals surface area contributed by atoms with E-state index in [1.807, 2.05) is 12.1 Å². The average Bonchev–Trinajstić information content (AvgIpc) is 2.86. The van der Waals surface area contributed by atoms with Crippen LogP contribution >= 0.6 is 0 Å². The highest BCUT2D eigenvalue weighted by atomic mass is 16.5. The molecular weight excluding hydrogens is 254 g/mol. The molecule has 1 atom stereocenters. The number of alkyl carbamates (subject to hydrolysis) is 1. The fourth-order valence-electron chi connectivity index (χ4n) is 2.33. The fraction of sp³-hybridized carbons (Fsp3) is 0.600. The van der Waals surface area contributed by atoms with E-state index in [1.165, 1.54) is 0 Å². The number of likely N-dealkylation sites (tertiary alicyclic amines) is 1. The van der Waals surface area contributed by atoms with Gasteiger partial charge in [0.05, 0.1) is 0 Å². The van der Waals surface area contributed by atoms with Gasteiger partial charge in [-0.1, -0.05) is 6.07 Å². The number of rotatable bonds is 3. The molecule has 0 unspecified atom stereocenters. The maximum Gasteiger partial charge on any atom is 0.407 e. The number of nitrogens with zero attached hydrogens (tertiary/aromatic N) is 2. The van der Waals surface area contributed by atoms with E-state index in [0.29, 0.717) is 0 Å². The maximum absolute atomic E-state index is 11.8. The Morgan fingerprint density at radius 1 is 1.55 bits per heavy atom. The number of carbonyl (C=O) groups is 1. The second kappa shape index (κ2) is 6.22. The van der Waals surface area contributed by atoms with Crippen LogP contribution in [0.4, 0.5) is 4.79 Å². The second-order valence-corrected chi connectivity index (χ2v) is 6.18. The van der Waals surface area contributed by atoms with Crippen molar-refractivity contribution in [2.24, 2.45) is 0 Å². The van der Waals surface area contributed by atoms with Gasteiger partial charge in [-0.25, -0.2) is 4.79 Å². The number of nitrogens with one attached hydrogen (secondary N) is 1. The van der Waals surface area contributed by atoms with Gasteiger partial charge in [0, 0.05) is 42.6 Å². The quantitative estimate of drug-likeness (QED) is 0.920. The summed E-state index contributed by atoms with van der Waals surface area (Å²) in [5.74, 6) is 0. The van der Waals surface area contributed by atoms with Crippen molar-refractivity contribution in [1.29, 1.82) is 0 Å². The van der Waals surface area contributed by atoms with Crippen LogP contribution in [0.1, 0.15) is 32.8 Å². The second-order valence-electron chi connectivity index (χ2n) is 6.18. The molecule has 0 saturated carbocycles. The molecule has 110 valence electrons. The summed E-state index contributed by atoms with van der Waals surface area (Å²) in [4.78, 5) is 18.1. The summed E-state index contributed by atoms with van der Waals surface area (Å²) in [6.45, 7) is 8.72. The lowest BCUT2D eigenvalue weighted by molar-refractivity contribution is 0.132. The molecule has 1 aromatic rings. The number of ether oxygens (including phenoxy) is 1. The van der Waals surface area contributed by atoms with Gasteiger partial charge in [-0.15, -0.1) is 0 Å². The standard InChI is InChI=1S/C15H23N3O2/c1-15(2,3)18-8-6-13(10-18)17-14(19)20-11-12-5-4-7-16-9-12/h4-5,7,9,13H,6,8,10-11H2,1-3H3,(H,17,19)/t13-/m0/s1. The molecule has 0 bridgehead atoms. The van der Waals surface area contributed by atoms with Crippen LogP contribution in [0.3, 0.4) is 0 Å². The zero-order valence-corrected chi connectivity index (χ0v) is 12.4. The van der Waals surface area contributed by atoms with Crippen LogP contribution in [0.25, 0.3) is 0 Å². The Balaban J connectivity index is 1.73.